The minimum atomic E-state index is -1.43. The second-order valence-electron chi connectivity index (χ2n) is 7.25. The fraction of sp³-hybridized carbons (Fsp3) is 0.292. The monoisotopic (exact) mass is 409 g/mol. The van der Waals surface area contributed by atoms with Crippen molar-refractivity contribution in [3.8, 4) is 11.5 Å². The number of aromatic nitrogens is 1. The molecule has 0 aliphatic carbocycles. The van der Waals surface area contributed by atoms with E-state index in [0.717, 1.165) is 5.56 Å². The van der Waals surface area contributed by atoms with Crippen molar-refractivity contribution in [2.45, 2.75) is 25.0 Å². The van der Waals surface area contributed by atoms with E-state index >= 15 is 0 Å². The summed E-state index contributed by atoms with van der Waals surface area (Å²) in [5.41, 5.74) is 0.472. The summed E-state index contributed by atoms with van der Waals surface area (Å²) in [5, 5.41) is 11.8. The predicted octanol–water partition coefficient (Wildman–Crippen LogP) is 3.88. The van der Waals surface area contributed by atoms with Gasteiger partial charge in [0.2, 0.25) is 0 Å². The molecule has 0 bridgehead atoms. The van der Waals surface area contributed by atoms with Gasteiger partial charge < -0.3 is 19.3 Å². The molecule has 0 spiro atoms. The zero-order valence-electron chi connectivity index (χ0n) is 16.8. The van der Waals surface area contributed by atoms with Crippen LogP contribution in [-0.2, 0) is 16.8 Å². The van der Waals surface area contributed by atoms with E-state index in [1.807, 2.05) is 19.1 Å². The molecule has 2 atom stereocenters. The lowest BCUT2D eigenvalue weighted by atomic mass is 9.84. The minimum absolute atomic E-state index is 0.215. The topological polar surface area (TPSA) is 60.8 Å². The van der Waals surface area contributed by atoms with E-state index in [-0.39, 0.29) is 18.3 Å². The highest BCUT2D eigenvalue weighted by molar-refractivity contribution is 5.48. The number of halogens is 1. The van der Waals surface area contributed by atoms with Gasteiger partial charge in [-0.25, -0.2) is 4.39 Å². The van der Waals surface area contributed by atoms with Crippen LogP contribution in [0.2, 0.25) is 0 Å². The predicted molar refractivity (Wildman–Crippen MR) is 110 cm³/mol. The number of pyridine rings is 1. The summed E-state index contributed by atoms with van der Waals surface area (Å²) in [6, 6.07) is 16.9. The summed E-state index contributed by atoms with van der Waals surface area (Å²) in [5.74, 6) is 0.855. The molecule has 4 rings (SSSR count). The SMILES string of the molecule is CCOCC1COc2ccc(C(O)(Cc3ccc(F)cc3)c3ccccn3)cc2O1. The van der Waals surface area contributed by atoms with E-state index in [4.69, 9.17) is 14.2 Å². The minimum Gasteiger partial charge on any atom is -0.486 e. The quantitative estimate of drug-likeness (QED) is 0.642. The average molecular weight is 409 g/mol. The standard InChI is InChI=1S/C24H24FNO4/c1-2-28-15-20-16-29-21-11-8-18(13-22(21)30-20)24(27,23-5-3-4-12-26-23)14-17-6-9-19(25)10-7-17/h3-13,20,27H,2,14-16H2,1H3. The Bertz CT molecular complexity index is 980. The average Bonchev–Trinajstić information content (AvgIpc) is 2.79. The summed E-state index contributed by atoms with van der Waals surface area (Å²) in [4.78, 5) is 4.39. The van der Waals surface area contributed by atoms with Gasteiger partial charge in [-0.1, -0.05) is 24.3 Å². The molecule has 30 heavy (non-hydrogen) atoms. The van der Waals surface area contributed by atoms with E-state index in [1.165, 1.54) is 12.1 Å². The van der Waals surface area contributed by atoms with Gasteiger partial charge in [-0.15, -0.1) is 0 Å². The number of hydrogen-bond acceptors (Lipinski definition) is 5. The Balaban J connectivity index is 1.70. The molecule has 1 aromatic heterocycles. The van der Waals surface area contributed by atoms with Crippen molar-refractivity contribution in [1.82, 2.24) is 4.98 Å². The fourth-order valence-corrected chi connectivity index (χ4v) is 3.55. The maximum atomic E-state index is 13.4. The fourth-order valence-electron chi connectivity index (χ4n) is 3.55. The summed E-state index contributed by atoms with van der Waals surface area (Å²) in [6.45, 7) is 3.37. The first-order chi connectivity index (χ1) is 14.6. The van der Waals surface area contributed by atoms with Crippen molar-refractivity contribution >= 4 is 0 Å². The van der Waals surface area contributed by atoms with Gasteiger partial charge in [0.1, 0.15) is 18.0 Å². The van der Waals surface area contributed by atoms with Gasteiger partial charge in [-0.2, -0.15) is 0 Å². The number of nitrogens with zero attached hydrogens (tertiary/aromatic N) is 1. The second-order valence-corrected chi connectivity index (χ2v) is 7.25. The highest BCUT2D eigenvalue weighted by atomic mass is 19.1. The van der Waals surface area contributed by atoms with Gasteiger partial charge in [0, 0.05) is 19.2 Å². The molecule has 0 saturated heterocycles. The summed E-state index contributed by atoms with van der Waals surface area (Å²) < 4.78 is 30.6. The summed E-state index contributed by atoms with van der Waals surface area (Å²) in [7, 11) is 0. The van der Waals surface area contributed by atoms with Crippen molar-refractivity contribution in [3.63, 3.8) is 0 Å². The maximum absolute atomic E-state index is 13.4. The third-order valence-electron chi connectivity index (χ3n) is 5.11. The molecule has 1 N–H and O–H groups in total. The van der Waals surface area contributed by atoms with Crippen LogP contribution < -0.4 is 9.47 Å². The Hall–Kier alpha value is -2.96. The van der Waals surface area contributed by atoms with E-state index < -0.39 is 5.60 Å². The van der Waals surface area contributed by atoms with E-state index in [1.54, 1.807) is 42.6 Å². The van der Waals surface area contributed by atoms with E-state index in [2.05, 4.69) is 4.98 Å². The molecule has 2 heterocycles. The number of fused-ring (bicyclic) bond motifs is 1. The molecule has 5 nitrogen and oxygen atoms in total. The van der Waals surface area contributed by atoms with Crippen LogP contribution in [0.5, 0.6) is 11.5 Å². The summed E-state index contributed by atoms with van der Waals surface area (Å²) >= 11 is 0. The van der Waals surface area contributed by atoms with E-state index in [0.29, 0.717) is 42.6 Å². The van der Waals surface area contributed by atoms with E-state index in [9.17, 15) is 9.50 Å². The third kappa shape index (κ3) is 4.30. The van der Waals surface area contributed by atoms with Crippen molar-refractivity contribution in [2.24, 2.45) is 0 Å². The molecule has 2 unspecified atom stereocenters. The van der Waals surface area contributed by atoms with Crippen LogP contribution in [0.1, 0.15) is 23.7 Å². The van der Waals surface area contributed by atoms with Crippen LogP contribution in [0.3, 0.4) is 0 Å². The van der Waals surface area contributed by atoms with Crippen LogP contribution in [-0.4, -0.2) is 36.0 Å². The van der Waals surface area contributed by atoms with Crippen molar-refractivity contribution in [3.05, 3.63) is 89.5 Å². The van der Waals surface area contributed by atoms with Gasteiger partial charge >= 0.3 is 0 Å². The highest BCUT2D eigenvalue weighted by Gasteiger charge is 2.35. The Morgan fingerprint density at radius 2 is 1.97 bits per heavy atom. The van der Waals surface area contributed by atoms with Crippen molar-refractivity contribution in [1.29, 1.82) is 0 Å². The lowest BCUT2D eigenvalue weighted by molar-refractivity contribution is 0.0121. The van der Waals surface area contributed by atoms with Crippen LogP contribution in [0.25, 0.3) is 0 Å². The first kappa shape index (κ1) is 20.3. The molecule has 2 aromatic carbocycles. The molecule has 0 fully saturated rings. The molecule has 0 saturated carbocycles. The first-order valence-electron chi connectivity index (χ1n) is 9.98. The molecule has 0 amide bonds. The van der Waals surface area contributed by atoms with Gasteiger partial charge in [-0.05, 0) is 54.4 Å². The largest absolute Gasteiger partial charge is 0.486 e. The summed E-state index contributed by atoms with van der Waals surface area (Å²) in [6.07, 6.45) is 1.65. The Kier molecular flexibility index (Phi) is 5.97. The molecule has 1 aliphatic rings. The van der Waals surface area contributed by atoms with Crippen molar-refractivity contribution in [2.75, 3.05) is 19.8 Å². The molecular formula is C24H24FNO4. The van der Waals surface area contributed by atoms with Gasteiger partial charge in [0.05, 0.1) is 12.3 Å². The van der Waals surface area contributed by atoms with Crippen molar-refractivity contribution < 1.29 is 23.7 Å². The van der Waals surface area contributed by atoms with Crippen LogP contribution in [0.4, 0.5) is 4.39 Å². The number of rotatable bonds is 7. The second kappa shape index (κ2) is 8.81. The lowest BCUT2D eigenvalue weighted by Gasteiger charge is -2.31. The number of benzene rings is 2. The van der Waals surface area contributed by atoms with Gasteiger partial charge in [0.15, 0.2) is 17.6 Å². The molecule has 6 heteroatoms. The van der Waals surface area contributed by atoms with Crippen LogP contribution in [0.15, 0.2) is 66.9 Å². The molecule has 1 aliphatic heterocycles. The van der Waals surface area contributed by atoms with Crippen LogP contribution in [0, 0.1) is 5.82 Å². The normalized spacial score (nSPS) is 17.4. The Morgan fingerprint density at radius 1 is 1.13 bits per heavy atom. The van der Waals surface area contributed by atoms with Gasteiger partial charge in [0.25, 0.3) is 0 Å². The zero-order chi connectivity index (χ0) is 21.0. The number of aliphatic hydroxyl groups is 1. The molecule has 3 aromatic rings. The van der Waals surface area contributed by atoms with Crippen LogP contribution >= 0.6 is 0 Å². The van der Waals surface area contributed by atoms with Gasteiger partial charge in [-0.3, -0.25) is 4.98 Å². The third-order valence-corrected chi connectivity index (χ3v) is 5.11. The smallest absolute Gasteiger partial charge is 0.162 e. The lowest BCUT2D eigenvalue weighted by Crippen LogP contribution is -2.34. The first-order valence-corrected chi connectivity index (χ1v) is 9.98. The number of hydrogen-bond donors (Lipinski definition) is 1. The Labute approximate surface area is 175 Å². The molecular weight excluding hydrogens is 385 g/mol. The highest BCUT2D eigenvalue weighted by Crippen LogP contribution is 2.39. The number of ether oxygens (including phenoxy) is 3. The zero-order valence-corrected chi connectivity index (χ0v) is 16.8. The molecule has 156 valence electrons. The Morgan fingerprint density at radius 3 is 2.70 bits per heavy atom. The maximum Gasteiger partial charge on any atom is 0.162 e. The molecule has 0 radical (unpaired) electrons.